The van der Waals surface area contributed by atoms with Crippen LogP contribution in [0, 0.1) is 11.3 Å². The van der Waals surface area contributed by atoms with Gasteiger partial charge in [0.15, 0.2) is 0 Å². The summed E-state index contributed by atoms with van der Waals surface area (Å²) in [6.45, 7) is 2.99. The quantitative estimate of drug-likeness (QED) is 0.686. The van der Waals surface area contributed by atoms with E-state index in [0.717, 1.165) is 5.56 Å². The van der Waals surface area contributed by atoms with Crippen LogP contribution < -0.4 is 14.8 Å². The molecule has 0 saturated heterocycles. The van der Waals surface area contributed by atoms with Crippen molar-refractivity contribution in [1.29, 1.82) is 5.26 Å². The number of hydrogen-bond acceptors (Lipinski definition) is 5. The number of benzene rings is 1. The van der Waals surface area contributed by atoms with E-state index in [9.17, 15) is 8.42 Å². The molecule has 0 bridgehead atoms. The summed E-state index contributed by atoms with van der Waals surface area (Å²) in [7, 11) is -1.68. The van der Waals surface area contributed by atoms with Crippen molar-refractivity contribution < 1.29 is 13.2 Å². The van der Waals surface area contributed by atoms with E-state index in [-0.39, 0.29) is 5.75 Å². The van der Waals surface area contributed by atoms with Crippen molar-refractivity contribution in [3.05, 3.63) is 29.3 Å². The molecule has 0 unspecified atom stereocenters. The Morgan fingerprint density at radius 3 is 2.75 bits per heavy atom. The molecule has 0 aromatic heterocycles. The van der Waals surface area contributed by atoms with Crippen LogP contribution in [0.5, 0.6) is 5.75 Å². The summed E-state index contributed by atoms with van der Waals surface area (Å²) in [5, 5.41) is 12.0. The first-order chi connectivity index (χ1) is 9.52. The topological polar surface area (TPSA) is 91.2 Å². The number of sulfonamides is 1. The molecule has 2 N–H and O–H groups in total. The lowest BCUT2D eigenvalue weighted by Crippen LogP contribution is -2.31. The average Bonchev–Trinajstić information content (AvgIpc) is 2.43. The van der Waals surface area contributed by atoms with E-state index in [1.165, 1.54) is 7.11 Å². The predicted octanol–water partition coefficient (Wildman–Crippen LogP) is 0.596. The molecule has 7 heteroatoms. The highest BCUT2D eigenvalue weighted by atomic mass is 32.2. The molecule has 0 aliphatic heterocycles. The Morgan fingerprint density at radius 1 is 1.40 bits per heavy atom. The van der Waals surface area contributed by atoms with Gasteiger partial charge in [-0.3, -0.25) is 0 Å². The van der Waals surface area contributed by atoms with Gasteiger partial charge < -0.3 is 10.1 Å². The third-order valence-electron chi connectivity index (χ3n) is 2.63. The highest BCUT2D eigenvalue weighted by molar-refractivity contribution is 7.89. The van der Waals surface area contributed by atoms with E-state index < -0.39 is 10.0 Å². The molecule has 1 aromatic carbocycles. The standard InChI is InChI=1S/C13H19N3O3S/c1-3-16-20(17,18)7-6-15-10-11-4-5-13(19-2)12(8-11)9-14/h4-5,8,15-16H,3,6-7,10H2,1-2H3. The molecular formula is C13H19N3O3S. The van der Waals surface area contributed by atoms with E-state index in [1.54, 1.807) is 19.1 Å². The fraction of sp³-hybridized carbons (Fsp3) is 0.462. The van der Waals surface area contributed by atoms with Crippen molar-refractivity contribution in [2.24, 2.45) is 0 Å². The van der Waals surface area contributed by atoms with Gasteiger partial charge in [-0.05, 0) is 17.7 Å². The van der Waals surface area contributed by atoms with Crippen LogP contribution in [0.15, 0.2) is 18.2 Å². The van der Waals surface area contributed by atoms with Crippen molar-refractivity contribution in [2.75, 3.05) is 26.0 Å². The molecule has 0 atom stereocenters. The molecule has 0 radical (unpaired) electrons. The highest BCUT2D eigenvalue weighted by Crippen LogP contribution is 2.18. The molecule has 0 heterocycles. The molecule has 0 saturated carbocycles. The summed E-state index contributed by atoms with van der Waals surface area (Å²) in [4.78, 5) is 0. The Hall–Kier alpha value is -1.62. The van der Waals surface area contributed by atoms with Gasteiger partial charge in [-0.25, -0.2) is 13.1 Å². The van der Waals surface area contributed by atoms with Crippen LogP contribution in [0.25, 0.3) is 0 Å². The molecule has 6 nitrogen and oxygen atoms in total. The first-order valence-electron chi connectivity index (χ1n) is 6.27. The minimum atomic E-state index is -3.19. The SMILES string of the molecule is CCNS(=O)(=O)CCNCc1ccc(OC)c(C#N)c1. The van der Waals surface area contributed by atoms with Crippen molar-refractivity contribution in [2.45, 2.75) is 13.5 Å². The second kappa shape index (κ2) is 7.85. The molecule has 0 amide bonds. The molecule has 110 valence electrons. The fourth-order valence-electron chi connectivity index (χ4n) is 1.68. The summed E-state index contributed by atoms with van der Waals surface area (Å²) in [5.41, 5.74) is 1.37. The maximum Gasteiger partial charge on any atom is 0.212 e. The minimum Gasteiger partial charge on any atom is -0.495 e. The van der Waals surface area contributed by atoms with Gasteiger partial charge in [0.25, 0.3) is 0 Å². The zero-order valence-corrected chi connectivity index (χ0v) is 12.5. The predicted molar refractivity (Wildman–Crippen MR) is 76.9 cm³/mol. The van der Waals surface area contributed by atoms with Gasteiger partial charge in [0.05, 0.1) is 18.4 Å². The molecule has 0 aliphatic carbocycles. The molecule has 0 fully saturated rings. The number of nitrogens with zero attached hydrogens (tertiary/aromatic N) is 1. The Kier molecular flexibility index (Phi) is 6.45. The van der Waals surface area contributed by atoms with Gasteiger partial charge in [-0.2, -0.15) is 5.26 Å². The fourth-order valence-corrected chi connectivity index (χ4v) is 2.68. The van der Waals surface area contributed by atoms with Gasteiger partial charge in [0, 0.05) is 19.6 Å². The van der Waals surface area contributed by atoms with Crippen molar-refractivity contribution in [3.8, 4) is 11.8 Å². The Bertz CT molecular complexity index is 579. The third kappa shape index (κ3) is 5.17. The third-order valence-corrected chi connectivity index (χ3v) is 4.10. The van der Waals surface area contributed by atoms with Crippen LogP contribution >= 0.6 is 0 Å². The lowest BCUT2D eigenvalue weighted by atomic mass is 10.1. The van der Waals surface area contributed by atoms with Gasteiger partial charge in [0.1, 0.15) is 11.8 Å². The Labute approximate surface area is 119 Å². The summed E-state index contributed by atoms with van der Waals surface area (Å²) in [5.74, 6) is 0.563. The zero-order chi connectivity index (χ0) is 15.0. The first-order valence-corrected chi connectivity index (χ1v) is 7.92. The average molecular weight is 297 g/mol. The lowest BCUT2D eigenvalue weighted by molar-refractivity contribution is 0.413. The molecular weight excluding hydrogens is 278 g/mol. The highest BCUT2D eigenvalue weighted by Gasteiger charge is 2.08. The van der Waals surface area contributed by atoms with Crippen LogP contribution in [0.1, 0.15) is 18.1 Å². The number of hydrogen-bond donors (Lipinski definition) is 2. The van der Waals surface area contributed by atoms with Gasteiger partial charge >= 0.3 is 0 Å². The maximum atomic E-state index is 11.4. The van der Waals surface area contributed by atoms with Gasteiger partial charge in [-0.15, -0.1) is 0 Å². The van der Waals surface area contributed by atoms with E-state index in [1.807, 2.05) is 6.07 Å². The second-order valence-corrected chi connectivity index (χ2v) is 6.07. The van der Waals surface area contributed by atoms with Crippen LogP contribution in [-0.4, -0.2) is 34.4 Å². The van der Waals surface area contributed by atoms with Crippen molar-refractivity contribution >= 4 is 10.0 Å². The van der Waals surface area contributed by atoms with E-state index in [4.69, 9.17) is 10.00 Å². The summed E-state index contributed by atoms with van der Waals surface area (Å²) >= 11 is 0. The molecule has 1 aromatic rings. The normalized spacial score (nSPS) is 11.1. The van der Waals surface area contributed by atoms with Crippen LogP contribution in [0.3, 0.4) is 0 Å². The molecule has 1 rings (SSSR count). The van der Waals surface area contributed by atoms with E-state index in [2.05, 4.69) is 16.1 Å². The van der Waals surface area contributed by atoms with Gasteiger partial charge in [-0.1, -0.05) is 13.0 Å². The largest absolute Gasteiger partial charge is 0.495 e. The molecule has 20 heavy (non-hydrogen) atoms. The Morgan fingerprint density at radius 2 is 2.15 bits per heavy atom. The summed E-state index contributed by atoms with van der Waals surface area (Å²) in [6, 6.07) is 7.35. The smallest absolute Gasteiger partial charge is 0.212 e. The van der Waals surface area contributed by atoms with Crippen LogP contribution in [0.4, 0.5) is 0 Å². The van der Waals surface area contributed by atoms with Crippen LogP contribution in [-0.2, 0) is 16.6 Å². The lowest BCUT2D eigenvalue weighted by Gasteiger charge is -2.08. The molecule has 0 aliphatic rings. The number of nitrogens with one attached hydrogen (secondary N) is 2. The van der Waals surface area contributed by atoms with E-state index in [0.29, 0.717) is 30.9 Å². The Balaban J connectivity index is 2.49. The number of ether oxygens (including phenoxy) is 1. The maximum absolute atomic E-state index is 11.4. The number of rotatable bonds is 8. The summed E-state index contributed by atoms with van der Waals surface area (Å²) < 4.78 is 30.3. The molecule has 0 spiro atoms. The number of methoxy groups -OCH3 is 1. The van der Waals surface area contributed by atoms with Crippen LogP contribution in [0.2, 0.25) is 0 Å². The van der Waals surface area contributed by atoms with Crippen molar-refractivity contribution in [1.82, 2.24) is 10.0 Å². The number of nitriles is 1. The summed E-state index contributed by atoms with van der Waals surface area (Å²) in [6.07, 6.45) is 0. The first kappa shape index (κ1) is 16.4. The van der Waals surface area contributed by atoms with Crippen molar-refractivity contribution in [3.63, 3.8) is 0 Å². The van der Waals surface area contributed by atoms with E-state index >= 15 is 0 Å². The second-order valence-electron chi connectivity index (χ2n) is 4.14. The monoisotopic (exact) mass is 297 g/mol. The van der Waals surface area contributed by atoms with Gasteiger partial charge in [0.2, 0.25) is 10.0 Å². The minimum absolute atomic E-state index is 0.0299. The zero-order valence-electron chi connectivity index (χ0n) is 11.6.